The fourth-order valence-electron chi connectivity index (χ4n) is 3.44. The van der Waals surface area contributed by atoms with Gasteiger partial charge in [0, 0.05) is 29.9 Å². The van der Waals surface area contributed by atoms with Gasteiger partial charge in [0.05, 0.1) is 11.8 Å². The summed E-state index contributed by atoms with van der Waals surface area (Å²) in [5, 5.41) is 3.87. The Hall–Kier alpha value is -3.55. The largest absolute Gasteiger partial charge is 0.455 e. The number of benzene rings is 2. The Balaban J connectivity index is 1.37. The lowest BCUT2D eigenvalue weighted by molar-refractivity contribution is -0.137. The summed E-state index contributed by atoms with van der Waals surface area (Å²) in [6.45, 7) is 2.06. The molecule has 0 aliphatic carbocycles. The number of halogens is 3. The number of nitrogens with zero attached hydrogens (tertiary/aromatic N) is 2. The van der Waals surface area contributed by atoms with Crippen molar-refractivity contribution in [2.45, 2.75) is 19.0 Å². The van der Waals surface area contributed by atoms with Crippen molar-refractivity contribution in [3.8, 4) is 11.3 Å². The predicted octanol–water partition coefficient (Wildman–Crippen LogP) is 5.33. The number of carbonyl (C=O) groups excluding carboxylic acids is 1. The van der Waals surface area contributed by atoms with E-state index in [1.807, 2.05) is 12.1 Å². The van der Waals surface area contributed by atoms with E-state index < -0.39 is 11.7 Å². The van der Waals surface area contributed by atoms with E-state index in [4.69, 9.17) is 4.42 Å². The third-order valence-electron chi connectivity index (χ3n) is 5.06. The molecule has 1 saturated heterocycles. The van der Waals surface area contributed by atoms with Gasteiger partial charge in [-0.1, -0.05) is 12.1 Å². The highest BCUT2D eigenvalue weighted by Crippen LogP contribution is 2.32. The fourth-order valence-corrected chi connectivity index (χ4v) is 3.44. The molecule has 4 rings (SSSR count). The number of alkyl halides is 3. The summed E-state index contributed by atoms with van der Waals surface area (Å²) in [6, 6.07) is 15.3. The van der Waals surface area contributed by atoms with Gasteiger partial charge in [0.15, 0.2) is 0 Å². The van der Waals surface area contributed by atoms with Gasteiger partial charge in [0.2, 0.25) is 0 Å². The van der Waals surface area contributed by atoms with Gasteiger partial charge in [-0.3, -0.25) is 4.79 Å². The first kappa shape index (κ1) is 20.7. The maximum Gasteiger partial charge on any atom is 0.416 e. The van der Waals surface area contributed by atoms with Gasteiger partial charge in [0.1, 0.15) is 11.5 Å². The van der Waals surface area contributed by atoms with Gasteiger partial charge in [-0.2, -0.15) is 18.3 Å². The van der Waals surface area contributed by atoms with Gasteiger partial charge < -0.3 is 9.32 Å². The molecule has 1 aliphatic heterocycles. The topological polar surface area (TPSA) is 57.8 Å². The summed E-state index contributed by atoms with van der Waals surface area (Å²) in [5.74, 6) is 0.211. The lowest BCUT2D eigenvalue weighted by atomic mass is 10.1. The van der Waals surface area contributed by atoms with E-state index >= 15 is 0 Å². The van der Waals surface area contributed by atoms with Crippen LogP contribution in [0.3, 0.4) is 0 Å². The van der Waals surface area contributed by atoms with Crippen LogP contribution in [0.25, 0.3) is 11.3 Å². The average Bonchev–Trinajstić information content (AvgIpc) is 3.46. The zero-order valence-corrected chi connectivity index (χ0v) is 16.5. The van der Waals surface area contributed by atoms with Crippen LogP contribution in [0, 0.1) is 0 Å². The lowest BCUT2D eigenvalue weighted by Crippen LogP contribution is -2.19. The standard InChI is InChI=1S/C23H20F3N3O2/c24-23(25,26)18-5-3-4-17(14-18)21-11-10-20(31-21)15-27-28-22(30)16-6-8-19(9-7-16)29-12-1-2-13-29/h3-11,14-15H,1-2,12-13H2,(H,28,30)/b27-15-. The molecule has 0 saturated carbocycles. The van der Waals surface area contributed by atoms with E-state index in [2.05, 4.69) is 15.4 Å². The molecule has 2 aromatic carbocycles. The molecule has 0 radical (unpaired) electrons. The quantitative estimate of drug-likeness (QED) is 0.442. The van der Waals surface area contributed by atoms with Crippen LogP contribution in [0.1, 0.15) is 34.5 Å². The number of anilines is 1. The zero-order valence-electron chi connectivity index (χ0n) is 16.5. The number of hydrogen-bond acceptors (Lipinski definition) is 4. The van der Waals surface area contributed by atoms with Gasteiger partial charge >= 0.3 is 6.18 Å². The van der Waals surface area contributed by atoms with E-state index in [0.717, 1.165) is 30.9 Å². The highest BCUT2D eigenvalue weighted by molar-refractivity contribution is 5.95. The Morgan fingerprint density at radius 2 is 1.77 bits per heavy atom. The van der Waals surface area contributed by atoms with Crippen molar-refractivity contribution < 1.29 is 22.4 Å². The average molecular weight is 427 g/mol. The molecule has 8 heteroatoms. The molecule has 5 nitrogen and oxygen atoms in total. The number of carbonyl (C=O) groups is 1. The smallest absolute Gasteiger partial charge is 0.416 e. The third kappa shape index (κ3) is 4.96. The monoisotopic (exact) mass is 427 g/mol. The summed E-state index contributed by atoms with van der Waals surface area (Å²) in [5.41, 5.74) is 3.54. The van der Waals surface area contributed by atoms with Crippen molar-refractivity contribution in [1.29, 1.82) is 0 Å². The molecule has 31 heavy (non-hydrogen) atoms. The first-order valence-corrected chi connectivity index (χ1v) is 9.86. The summed E-state index contributed by atoms with van der Waals surface area (Å²) < 4.78 is 44.2. The summed E-state index contributed by atoms with van der Waals surface area (Å²) in [6.07, 6.45) is -0.768. The van der Waals surface area contributed by atoms with Crippen LogP contribution < -0.4 is 10.3 Å². The minimum absolute atomic E-state index is 0.274. The first-order chi connectivity index (χ1) is 14.9. The number of hydrazone groups is 1. The molecule has 1 amide bonds. The molecule has 160 valence electrons. The van der Waals surface area contributed by atoms with Crippen LogP contribution in [-0.4, -0.2) is 25.2 Å². The van der Waals surface area contributed by atoms with Crippen molar-refractivity contribution >= 4 is 17.8 Å². The maximum atomic E-state index is 12.9. The van der Waals surface area contributed by atoms with Crippen molar-refractivity contribution in [2.24, 2.45) is 5.10 Å². The Morgan fingerprint density at radius 1 is 1.03 bits per heavy atom. The van der Waals surface area contributed by atoms with Crippen molar-refractivity contribution in [3.05, 3.63) is 77.6 Å². The second-order valence-corrected chi connectivity index (χ2v) is 7.22. The minimum atomic E-state index is -4.43. The van der Waals surface area contributed by atoms with E-state index in [9.17, 15) is 18.0 Å². The Bertz CT molecular complexity index is 1080. The molecule has 1 aliphatic rings. The first-order valence-electron chi connectivity index (χ1n) is 9.86. The van der Waals surface area contributed by atoms with E-state index in [1.165, 1.54) is 31.2 Å². The van der Waals surface area contributed by atoms with Crippen LogP contribution >= 0.6 is 0 Å². The van der Waals surface area contributed by atoms with Crippen LogP contribution in [0.4, 0.5) is 18.9 Å². The van der Waals surface area contributed by atoms with E-state index in [-0.39, 0.29) is 11.7 Å². The van der Waals surface area contributed by atoms with Crippen LogP contribution in [0.2, 0.25) is 0 Å². The summed E-state index contributed by atoms with van der Waals surface area (Å²) in [7, 11) is 0. The van der Waals surface area contributed by atoms with E-state index in [1.54, 1.807) is 24.3 Å². The number of rotatable bonds is 5. The zero-order chi connectivity index (χ0) is 21.8. The van der Waals surface area contributed by atoms with Crippen molar-refractivity contribution in [2.75, 3.05) is 18.0 Å². The van der Waals surface area contributed by atoms with Gasteiger partial charge in [-0.05, 0) is 61.4 Å². The maximum absolute atomic E-state index is 12.9. The van der Waals surface area contributed by atoms with Crippen LogP contribution in [0.15, 0.2) is 70.2 Å². The Kier molecular flexibility index (Phi) is 5.79. The van der Waals surface area contributed by atoms with Gasteiger partial charge in [-0.25, -0.2) is 5.43 Å². The minimum Gasteiger partial charge on any atom is -0.455 e. The van der Waals surface area contributed by atoms with Gasteiger partial charge in [-0.15, -0.1) is 0 Å². The summed E-state index contributed by atoms with van der Waals surface area (Å²) >= 11 is 0. The number of amides is 1. The van der Waals surface area contributed by atoms with Crippen LogP contribution in [-0.2, 0) is 6.18 Å². The number of furan rings is 1. The molecule has 1 N–H and O–H groups in total. The molecular weight excluding hydrogens is 407 g/mol. The second kappa shape index (κ2) is 8.67. The number of hydrogen-bond donors (Lipinski definition) is 1. The molecule has 2 heterocycles. The molecule has 0 unspecified atom stereocenters. The lowest BCUT2D eigenvalue weighted by Gasteiger charge is -2.17. The van der Waals surface area contributed by atoms with Crippen molar-refractivity contribution in [3.63, 3.8) is 0 Å². The Labute approximate surface area is 177 Å². The summed E-state index contributed by atoms with van der Waals surface area (Å²) in [4.78, 5) is 14.5. The normalized spacial score (nSPS) is 14.4. The SMILES string of the molecule is O=C(N/N=C\c1ccc(-c2cccc(C(F)(F)F)c2)o1)c1ccc(N2CCCC2)cc1. The molecule has 0 atom stereocenters. The van der Waals surface area contributed by atoms with Crippen LogP contribution in [0.5, 0.6) is 0 Å². The highest BCUT2D eigenvalue weighted by Gasteiger charge is 2.30. The highest BCUT2D eigenvalue weighted by atomic mass is 19.4. The predicted molar refractivity (Wildman–Crippen MR) is 112 cm³/mol. The van der Waals surface area contributed by atoms with Gasteiger partial charge in [0.25, 0.3) is 5.91 Å². The molecule has 0 spiro atoms. The van der Waals surface area contributed by atoms with Crippen molar-refractivity contribution in [1.82, 2.24) is 5.43 Å². The molecular formula is C23H20F3N3O2. The fraction of sp³-hybridized carbons (Fsp3) is 0.217. The molecule has 0 bridgehead atoms. The molecule has 1 fully saturated rings. The molecule has 3 aromatic rings. The third-order valence-corrected chi connectivity index (χ3v) is 5.06. The Morgan fingerprint density at radius 3 is 2.48 bits per heavy atom. The second-order valence-electron chi connectivity index (χ2n) is 7.22. The van der Waals surface area contributed by atoms with E-state index in [0.29, 0.717) is 16.9 Å². The number of nitrogens with one attached hydrogen (secondary N) is 1. The molecule has 1 aromatic heterocycles.